The van der Waals surface area contributed by atoms with E-state index in [1.54, 1.807) is 10.7 Å². The summed E-state index contributed by atoms with van der Waals surface area (Å²) in [5.41, 5.74) is 6.65. The molecule has 0 aliphatic rings. The summed E-state index contributed by atoms with van der Waals surface area (Å²) in [5, 5.41) is 9.50. The Bertz CT molecular complexity index is 1360. The molecule has 0 aliphatic heterocycles. The summed E-state index contributed by atoms with van der Waals surface area (Å²) in [5.74, 6) is 0.579. The van der Waals surface area contributed by atoms with Gasteiger partial charge in [-0.05, 0) is 31.5 Å². The lowest BCUT2D eigenvalue weighted by atomic mass is 10.0. The van der Waals surface area contributed by atoms with Crippen molar-refractivity contribution >= 4 is 10.9 Å². The maximum atomic E-state index is 14.4. The standard InChI is InChI=1S/C24H21FN4O/c1-15-24(16(2)30-27-15)17-8-9-20-21(19-11-26-28(3)12-19)14-29(23(20)10-17)13-18-6-4-5-7-22(18)25/h4-12,14H,13H2,1-3H3. The van der Waals surface area contributed by atoms with Gasteiger partial charge in [0.15, 0.2) is 0 Å². The molecule has 3 aromatic heterocycles. The molecule has 150 valence electrons. The van der Waals surface area contributed by atoms with Gasteiger partial charge in [-0.2, -0.15) is 5.10 Å². The highest BCUT2D eigenvalue weighted by atomic mass is 19.1. The van der Waals surface area contributed by atoms with Gasteiger partial charge in [-0.25, -0.2) is 4.39 Å². The topological polar surface area (TPSA) is 48.8 Å². The Labute approximate surface area is 173 Å². The summed E-state index contributed by atoms with van der Waals surface area (Å²) in [6.45, 7) is 4.29. The van der Waals surface area contributed by atoms with Crippen molar-refractivity contribution in [2.45, 2.75) is 20.4 Å². The first-order chi connectivity index (χ1) is 14.5. The fourth-order valence-electron chi connectivity index (χ4n) is 4.07. The summed E-state index contributed by atoms with van der Waals surface area (Å²) in [4.78, 5) is 0. The zero-order chi connectivity index (χ0) is 20.8. The van der Waals surface area contributed by atoms with Crippen LogP contribution in [0, 0.1) is 19.7 Å². The third-order valence-electron chi connectivity index (χ3n) is 5.52. The van der Waals surface area contributed by atoms with E-state index >= 15 is 0 Å². The van der Waals surface area contributed by atoms with Crippen LogP contribution in [0.3, 0.4) is 0 Å². The molecule has 0 spiro atoms. The largest absolute Gasteiger partial charge is 0.361 e. The van der Waals surface area contributed by atoms with E-state index in [1.165, 1.54) is 6.07 Å². The first-order valence-corrected chi connectivity index (χ1v) is 9.80. The second kappa shape index (κ2) is 6.99. The summed E-state index contributed by atoms with van der Waals surface area (Å²) < 4.78 is 23.6. The lowest BCUT2D eigenvalue weighted by molar-refractivity contribution is 0.393. The molecule has 0 atom stereocenters. The second-order valence-corrected chi connectivity index (χ2v) is 7.60. The van der Waals surface area contributed by atoms with Crippen LogP contribution in [0.2, 0.25) is 0 Å². The molecule has 5 nitrogen and oxygen atoms in total. The average Bonchev–Trinajstić information content (AvgIpc) is 3.41. The SMILES string of the molecule is Cc1noc(C)c1-c1ccc2c(-c3cnn(C)c3)cn(Cc3ccccc3F)c2c1. The van der Waals surface area contributed by atoms with Gasteiger partial charge < -0.3 is 9.09 Å². The van der Waals surface area contributed by atoms with E-state index in [1.807, 2.05) is 45.4 Å². The summed E-state index contributed by atoms with van der Waals surface area (Å²) in [7, 11) is 1.90. The van der Waals surface area contributed by atoms with Crippen LogP contribution in [-0.4, -0.2) is 19.5 Å². The monoisotopic (exact) mass is 400 g/mol. The van der Waals surface area contributed by atoms with Gasteiger partial charge in [0.2, 0.25) is 0 Å². The molecule has 2 aromatic carbocycles. The number of aromatic nitrogens is 4. The van der Waals surface area contributed by atoms with Gasteiger partial charge in [-0.1, -0.05) is 35.5 Å². The number of rotatable bonds is 4. The van der Waals surface area contributed by atoms with E-state index in [0.29, 0.717) is 12.1 Å². The van der Waals surface area contributed by atoms with E-state index in [2.05, 4.69) is 39.2 Å². The molecule has 0 aliphatic carbocycles. The fourth-order valence-corrected chi connectivity index (χ4v) is 4.07. The lowest BCUT2D eigenvalue weighted by Gasteiger charge is -2.08. The van der Waals surface area contributed by atoms with Crippen LogP contribution in [-0.2, 0) is 13.6 Å². The van der Waals surface area contributed by atoms with Crippen LogP contribution >= 0.6 is 0 Å². The van der Waals surface area contributed by atoms with E-state index in [0.717, 1.165) is 44.6 Å². The Balaban J connectivity index is 1.72. The van der Waals surface area contributed by atoms with Crippen molar-refractivity contribution in [3.63, 3.8) is 0 Å². The molecular weight excluding hydrogens is 379 g/mol. The van der Waals surface area contributed by atoms with Crippen molar-refractivity contribution in [3.05, 3.63) is 83.9 Å². The van der Waals surface area contributed by atoms with Gasteiger partial charge in [0.1, 0.15) is 11.6 Å². The third-order valence-corrected chi connectivity index (χ3v) is 5.52. The molecule has 0 radical (unpaired) electrons. The van der Waals surface area contributed by atoms with Gasteiger partial charge in [0.25, 0.3) is 0 Å². The minimum Gasteiger partial charge on any atom is -0.361 e. The van der Waals surface area contributed by atoms with Crippen LogP contribution < -0.4 is 0 Å². The highest BCUT2D eigenvalue weighted by Gasteiger charge is 2.17. The lowest BCUT2D eigenvalue weighted by Crippen LogP contribution is -2.00. The molecule has 0 unspecified atom stereocenters. The van der Waals surface area contributed by atoms with Crippen molar-refractivity contribution in [2.75, 3.05) is 0 Å². The summed E-state index contributed by atoms with van der Waals surface area (Å²) >= 11 is 0. The molecule has 5 rings (SSSR count). The molecule has 0 saturated heterocycles. The van der Waals surface area contributed by atoms with Crippen LogP contribution in [0.1, 0.15) is 17.0 Å². The van der Waals surface area contributed by atoms with Gasteiger partial charge in [0.05, 0.1) is 18.4 Å². The number of halogens is 1. The van der Waals surface area contributed by atoms with Gasteiger partial charge in [-0.3, -0.25) is 4.68 Å². The Morgan fingerprint density at radius 1 is 1.03 bits per heavy atom. The van der Waals surface area contributed by atoms with Crippen molar-refractivity contribution in [3.8, 4) is 22.3 Å². The second-order valence-electron chi connectivity index (χ2n) is 7.60. The van der Waals surface area contributed by atoms with E-state index < -0.39 is 0 Å². The zero-order valence-electron chi connectivity index (χ0n) is 17.1. The van der Waals surface area contributed by atoms with E-state index in [-0.39, 0.29) is 5.82 Å². The smallest absolute Gasteiger partial charge is 0.141 e. The molecule has 0 amide bonds. The Hall–Kier alpha value is -3.67. The van der Waals surface area contributed by atoms with Crippen molar-refractivity contribution < 1.29 is 8.91 Å². The molecule has 0 N–H and O–H groups in total. The maximum absolute atomic E-state index is 14.4. The highest BCUT2D eigenvalue weighted by Crippen LogP contribution is 2.35. The van der Waals surface area contributed by atoms with Crippen LogP contribution in [0.4, 0.5) is 4.39 Å². The quantitative estimate of drug-likeness (QED) is 0.400. The van der Waals surface area contributed by atoms with Crippen molar-refractivity contribution in [1.82, 2.24) is 19.5 Å². The van der Waals surface area contributed by atoms with Crippen molar-refractivity contribution in [1.29, 1.82) is 0 Å². The number of benzene rings is 2. The first-order valence-electron chi connectivity index (χ1n) is 9.80. The van der Waals surface area contributed by atoms with E-state index in [9.17, 15) is 4.39 Å². The van der Waals surface area contributed by atoms with Gasteiger partial charge in [-0.15, -0.1) is 0 Å². The maximum Gasteiger partial charge on any atom is 0.141 e. The third kappa shape index (κ3) is 3.01. The van der Waals surface area contributed by atoms with E-state index in [4.69, 9.17) is 4.52 Å². The van der Waals surface area contributed by atoms with Crippen molar-refractivity contribution in [2.24, 2.45) is 7.05 Å². The molecule has 6 heteroatoms. The first kappa shape index (κ1) is 18.4. The number of hydrogen-bond donors (Lipinski definition) is 0. The molecule has 0 bridgehead atoms. The Morgan fingerprint density at radius 3 is 2.57 bits per heavy atom. The number of aryl methyl sites for hydroxylation is 3. The van der Waals surface area contributed by atoms with Crippen LogP contribution in [0.15, 0.2) is 65.6 Å². The zero-order valence-corrected chi connectivity index (χ0v) is 17.1. The predicted molar refractivity (Wildman–Crippen MR) is 115 cm³/mol. The molecule has 0 saturated carbocycles. The highest BCUT2D eigenvalue weighted by molar-refractivity contribution is 5.98. The average molecular weight is 400 g/mol. The summed E-state index contributed by atoms with van der Waals surface area (Å²) in [6, 6.07) is 13.2. The fraction of sp³-hybridized carbons (Fsp3) is 0.167. The molecule has 30 heavy (non-hydrogen) atoms. The van der Waals surface area contributed by atoms with Crippen LogP contribution in [0.25, 0.3) is 33.2 Å². The van der Waals surface area contributed by atoms with Crippen LogP contribution in [0.5, 0.6) is 0 Å². The van der Waals surface area contributed by atoms with Gasteiger partial charge >= 0.3 is 0 Å². The number of hydrogen-bond acceptors (Lipinski definition) is 3. The van der Waals surface area contributed by atoms with Gasteiger partial charge in [0, 0.05) is 52.6 Å². The Morgan fingerprint density at radius 2 is 1.87 bits per heavy atom. The normalized spacial score (nSPS) is 11.5. The number of fused-ring (bicyclic) bond motifs is 1. The minimum absolute atomic E-state index is 0.204. The number of nitrogens with zero attached hydrogens (tertiary/aromatic N) is 4. The molecule has 5 aromatic rings. The molecule has 0 fully saturated rings. The predicted octanol–water partition coefficient (Wildman–Crippen LogP) is 5.50. The minimum atomic E-state index is -0.204. The molecular formula is C24H21FN4O. The summed E-state index contributed by atoms with van der Waals surface area (Å²) in [6.07, 6.45) is 5.92. The molecule has 3 heterocycles. The Kier molecular flexibility index (Phi) is 4.28.